The molecule has 2 aromatic carbocycles. The molecule has 4 aromatic rings. The van der Waals surface area contributed by atoms with Crippen LogP contribution < -0.4 is 14.4 Å². The highest BCUT2D eigenvalue weighted by molar-refractivity contribution is 7.49. The number of hydrogen-bond acceptors (Lipinski definition) is 8. The number of piperidine rings is 1. The van der Waals surface area contributed by atoms with Gasteiger partial charge in [-0.1, -0.05) is 64.8 Å². The Balaban J connectivity index is 1.33. The van der Waals surface area contributed by atoms with E-state index < -0.39 is 31.9 Å². The summed E-state index contributed by atoms with van der Waals surface area (Å²) in [6.07, 6.45) is 0.711. The minimum Gasteiger partial charge on any atom is -0.465 e. The van der Waals surface area contributed by atoms with Gasteiger partial charge < -0.3 is 29.4 Å². The summed E-state index contributed by atoms with van der Waals surface area (Å²) in [7, 11) is -4.19. The molecule has 0 bridgehead atoms. The van der Waals surface area contributed by atoms with E-state index in [0.717, 1.165) is 0 Å². The first kappa shape index (κ1) is 30.4. The van der Waals surface area contributed by atoms with Gasteiger partial charge in [0, 0.05) is 18.8 Å². The third-order valence-corrected chi connectivity index (χ3v) is 8.90. The van der Waals surface area contributed by atoms with Gasteiger partial charge in [0.15, 0.2) is 0 Å². The average Bonchev–Trinajstić information content (AvgIpc) is 3.57. The van der Waals surface area contributed by atoms with E-state index in [0.29, 0.717) is 12.1 Å². The number of carboxylic acid groups (broad SMARTS) is 1. The van der Waals surface area contributed by atoms with Crippen LogP contribution in [-0.2, 0) is 15.7 Å². The Labute approximate surface area is 256 Å². The van der Waals surface area contributed by atoms with E-state index in [4.69, 9.17) is 36.8 Å². The molecule has 16 heteroatoms. The van der Waals surface area contributed by atoms with E-state index in [1.165, 1.54) is 15.8 Å². The van der Waals surface area contributed by atoms with Crippen molar-refractivity contribution in [3.63, 3.8) is 0 Å². The van der Waals surface area contributed by atoms with Gasteiger partial charge in [-0.25, -0.2) is 14.0 Å². The number of carbonyl (C=O) groups excluding carboxylic acids is 1. The number of benzene rings is 2. The Kier molecular flexibility index (Phi) is 9.26. The van der Waals surface area contributed by atoms with Gasteiger partial charge in [0.2, 0.25) is 0 Å². The number of phosphoric ester groups is 1. The van der Waals surface area contributed by atoms with Crippen LogP contribution in [0.15, 0.2) is 66.9 Å². The van der Waals surface area contributed by atoms with Crippen LogP contribution in [-0.4, -0.2) is 61.1 Å². The summed E-state index contributed by atoms with van der Waals surface area (Å²) in [5.41, 5.74) is 0.907. The lowest BCUT2D eigenvalue weighted by Gasteiger charge is -2.37. The van der Waals surface area contributed by atoms with Gasteiger partial charge in [-0.2, -0.15) is 0 Å². The topological polar surface area (TPSA) is 161 Å². The van der Waals surface area contributed by atoms with Crippen molar-refractivity contribution in [2.45, 2.75) is 32.0 Å². The smallest absolute Gasteiger partial charge is 0.465 e. The number of aromatic nitrogens is 4. The molecule has 0 unspecified atom stereocenters. The second-order valence-electron chi connectivity index (χ2n) is 9.64. The maximum absolute atomic E-state index is 13.6. The van der Waals surface area contributed by atoms with Crippen LogP contribution in [0.2, 0.25) is 10.0 Å². The summed E-state index contributed by atoms with van der Waals surface area (Å²) in [6, 6.07) is 15.7. The largest absolute Gasteiger partial charge is 0.587 e. The molecule has 0 radical (unpaired) electrons. The summed E-state index contributed by atoms with van der Waals surface area (Å²) in [4.78, 5) is 28.9. The molecule has 1 saturated heterocycles. The first-order valence-corrected chi connectivity index (χ1v) is 15.3. The fraction of sp³-hybridized carbons (Fsp3) is 0.259. The van der Waals surface area contributed by atoms with E-state index in [9.17, 15) is 19.3 Å². The molecule has 2 aromatic heterocycles. The Morgan fingerprint density at radius 2 is 1.70 bits per heavy atom. The van der Waals surface area contributed by atoms with Gasteiger partial charge in [0.05, 0.1) is 28.3 Å². The van der Waals surface area contributed by atoms with Crippen LogP contribution in [0.4, 0.5) is 4.79 Å². The molecular weight excluding hydrogens is 622 g/mol. The maximum atomic E-state index is 13.6. The molecule has 0 spiro atoms. The number of likely N-dealkylation sites (tertiary alicyclic amines) is 1. The quantitative estimate of drug-likeness (QED) is 0.182. The van der Waals surface area contributed by atoms with Gasteiger partial charge in [0.1, 0.15) is 29.5 Å². The molecule has 5 rings (SSSR count). The molecule has 0 saturated carbocycles. The van der Waals surface area contributed by atoms with Crippen molar-refractivity contribution < 1.29 is 32.8 Å². The predicted octanol–water partition coefficient (Wildman–Crippen LogP) is 5.73. The Bertz CT molecular complexity index is 1590. The molecule has 1 fully saturated rings. The highest BCUT2D eigenvalue weighted by atomic mass is 35.5. The third-order valence-electron chi connectivity index (χ3n) is 6.64. The molecule has 3 N–H and O–H groups in total. The van der Waals surface area contributed by atoms with E-state index in [1.807, 2.05) is 0 Å². The molecule has 3 heterocycles. The van der Waals surface area contributed by atoms with E-state index >= 15 is 0 Å². The minimum atomic E-state index is -4.19. The van der Waals surface area contributed by atoms with Gasteiger partial charge >= 0.3 is 13.9 Å². The van der Waals surface area contributed by atoms with Crippen LogP contribution in [0.3, 0.4) is 0 Å². The standard InChI is InChI=1S/C27H27Cl2N6O7P/c1-17-23(28)24(29)25(30-17)26(36)31-21-12-13-34(27(37)38)15-22(21)35-14-18(32-33-35)16-40-43(39,41-19-8-4-2-5-9-19)42-20-10-6-3-7-11-20/h2-11,14,21-22,30H,12-13,15-16H2,1H3,(H,31,36)(H,37,38)/t21-,22+/m1/s1. The number of aromatic amines is 1. The zero-order valence-corrected chi connectivity index (χ0v) is 25.1. The fourth-order valence-corrected chi connectivity index (χ4v) is 6.10. The van der Waals surface area contributed by atoms with Crippen molar-refractivity contribution in [1.29, 1.82) is 0 Å². The highest BCUT2D eigenvalue weighted by Crippen LogP contribution is 2.50. The molecule has 1 aliphatic heterocycles. The fourth-order valence-electron chi connectivity index (χ4n) is 4.49. The predicted molar refractivity (Wildman–Crippen MR) is 157 cm³/mol. The third kappa shape index (κ3) is 7.31. The first-order valence-electron chi connectivity index (χ1n) is 13.1. The van der Waals surface area contributed by atoms with Gasteiger partial charge in [-0.15, -0.1) is 5.10 Å². The number of rotatable bonds is 10. The number of halogens is 2. The summed E-state index contributed by atoms with van der Waals surface area (Å²) in [5, 5.41) is 21.1. The number of amides is 2. The van der Waals surface area contributed by atoms with Gasteiger partial charge in [-0.3, -0.25) is 9.32 Å². The molecular formula is C27H27Cl2N6O7P. The number of carbonyl (C=O) groups is 2. The van der Waals surface area contributed by atoms with Crippen LogP contribution in [0.5, 0.6) is 11.5 Å². The van der Waals surface area contributed by atoms with E-state index in [1.54, 1.807) is 67.6 Å². The van der Waals surface area contributed by atoms with Crippen LogP contribution in [0.1, 0.15) is 34.3 Å². The monoisotopic (exact) mass is 648 g/mol. The Hall–Kier alpha value is -4.03. The summed E-state index contributed by atoms with van der Waals surface area (Å²) >= 11 is 12.4. The summed E-state index contributed by atoms with van der Waals surface area (Å²) in [5.74, 6) is 0.0525. The molecule has 43 heavy (non-hydrogen) atoms. The summed E-state index contributed by atoms with van der Waals surface area (Å²) < 4.78 is 32.0. The zero-order chi connectivity index (χ0) is 30.6. The van der Waals surface area contributed by atoms with Crippen molar-refractivity contribution in [2.24, 2.45) is 0 Å². The first-order chi connectivity index (χ1) is 20.6. The van der Waals surface area contributed by atoms with Crippen molar-refractivity contribution in [1.82, 2.24) is 30.2 Å². The van der Waals surface area contributed by atoms with Crippen molar-refractivity contribution >= 4 is 43.0 Å². The average molecular weight is 649 g/mol. The molecule has 2 atom stereocenters. The van der Waals surface area contributed by atoms with Crippen molar-refractivity contribution in [2.75, 3.05) is 13.1 Å². The lowest BCUT2D eigenvalue weighted by molar-refractivity contribution is 0.0828. The van der Waals surface area contributed by atoms with Crippen LogP contribution in [0.25, 0.3) is 0 Å². The van der Waals surface area contributed by atoms with Gasteiger partial charge in [-0.05, 0) is 37.6 Å². The number of para-hydroxylation sites is 2. The number of aryl methyl sites for hydroxylation is 1. The molecule has 1 aliphatic rings. The van der Waals surface area contributed by atoms with Crippen LogP contribution in [0, 0.1) is 6.92 Å². The van der Waals surface area contributed by atoms with Gasteiger partial charge in [0.25, 0.3) is 5.91 Å². The highest BCUT2D eigenvalue weighted by Gasteiger charge is 2.36. The second-order valence-corrected chi connectivity index (χ2v) is 11.9. The Morgan fingerprint density at radius 1 is 1.07 bits per heavy atom. The Morgan fingerprint density at radius 3 is 2.26 bits per heavy atom. The van der Waals surface area contributed by atoms with Crippen LogP contribution >= 0.6 is 31.0 Å². The number of nitrogens with zero attached hydrogens (tertiary/aromatic N) is 4. The molecule has 13 nitrogen and oxygen atoms in total. The second kappa shape index (κ2) is 13.1. The molecule has 226 valence electrons. The molecule has 2 amide bonds. The minimum absolute atomic E-state index is 0.0227. The lowest BCUT2D eigenvalue weighted by atomic mass is 9.99. The number of H-pyrrole nitrogens is 1. The van der Waals surface area contributed by atoms with Crippen molar-refractivity contribution in [3.8, 4) is 11.5 Å². The SMILES string of the molecule is Cc1[nH]c(C(=O)N[C@@H]2CCN(C(=O)O)C[C@@H]2n2cc(COP(=O)(Oc3ccccc3)Oc3ccccc3)nn2)c(Cl)c1Cl. The van der Waals surface area contributed by atoms with E-state index in [-0.39, 0.29) is 52.6 Å². The normalized spacial score (nSPS) is 17.0. The van der Waals surface area contributed by atoms with Crippen molar-refractivity contribution in [3.05, 3.63) is 94.0 Å². The number of hydrogen-bond donors (Lipinski definition) is 3. The molecule has 0 aliphatic carbocycles. The number of phosphoric acid groups is 1. The number of nitrogens with one attached hydrogen (secondary N) is 2. The maximum Gasteiger partial charge on any atom is 0.587 e. The zero-order valence-electron chi connectivity index (χ0n) is 22.7. The van der Waals surface area contributed by atoms with E-state index in [2.05, 4.69) is 20.6 Å². The lowest BCUT2D eigenvalue weighted by Crippen LogP contribution is -2.53. The summed E-state index contributed by atoms with van der Waals surface area (Å²) in [6.45, 7) is 1.59.